The third-order valence-electron chi connectivity index (χ3n) is 3.53. The molecule has 0 radical (unpaired) electrons. The Labute approximate surface area is 149 Å². The average molecular weight is 398 g/mol. The zero-order valence-corrected chi connectivity index (χ0v) is 14.5. The van der Waals surface area contributed by atoms with E-state index in [9.17, 15) is 22.8 Å². The molecule has 1 aromatic carbocycles. The van der Waals surface area contributed by atoms with Gasteiger partial charge in [-0.1, -0.05) is 23.2 Å². The predicted octanol–water partition coefficient (Wildman–Crippen LogP) is 2.51. The number of aromatic nitrogens is 2. The Morgan fingerprint density at radius 3 is 2.36 bits per heavy atom. The van der Waals surface area contributed by atoms with Crippen LogP contribution < -0.4 is 21.7 Å². The number of methoxy groups -OCH3 is 1. The molecule has 6 nitrogen and oxygen atoms in total. The summed E-state index contributed by atoms with van der Waals surface area (Å²) in [6, 6.07) is 1.66. The van der Waals surface area contributed by atoms with Gasteiger partial charge in [0.15, 0.2) is 5.75 Å². The summed E-state index contributed by atoms with van der Waals surface area (Å²) >= 11 is 12.0. The van der Waals surface area contributed by atoms with Crippen LogP contribution in [0, 0.1) is 0 Å². The van der Waals surface area contributed by atoms with E-state index in [-0.39, 0.29) is 27.0 Å². The van der Waals surface area contributed by atoms with Crippen molar-refractivity contribution < 1.29 is 17.9 Å². The van der Waals surface area contributed by atoms with Gasteiger partial charge >= 0.3 is 11.9 Å². The average Bonchev–Trinajstić information content (AvgIpc) is 2.51. The molecule has 0 saturated carbocycles. The minimum atomic E-state index is -4.84. The Hall–Kier alpha value is -2.13. The van der Waals surface area contributed by atoms with Crippen molar-refractivity contribution in [3.8, 4) is 5.75 Å². The molecule has 2 N–H and O–H groups in total. The van der Waals surface area contributed by atoms with Crippen LogP contribution in [0.25, 0.3) is 0 Å². The smallest absolute Gasteiger partial charge is 0.431 e. The molecule has 0 saturated heterocycles. The van der Waals surface area contributed by atoms with Crippen molar-refractivity contribution in [3.63, 3.8) is 0 Å². The number of nitrogen functional groups attached to an aromatic ring is 1. The van der Waals surface area contributed by atoms with Gasteiger partial charge in [0.05, 0.1) is 24.4 Å². The minimum Gasteiger partial charge on any atom is -0.494 e. The zero-order valence-electron chi connectivity index (χ0n) is 12.9. The summed E-state index contributed by atoms with van der Waals surface area (Å²) in [6.45, 7) is -0.404. The highest BCUT2D eigenvalue weighted by atomic mass is 35.5. The van der Waals surface area contributed by atoms with E-state index in [4.69, 9.17) is 33.7 Å². The summed E-state index contributed by atoms with van der Waals surface area (Å²) < 4.78 is 44.4. The summed E-state index contributed by atoms with van der Waals surface area (Å²) in [4.78, 5) is 24.1. The molecule has 2 rings (SSSR count). The lowest BCUT2D eigenvalue weighted by Gasteiger charge is -2.16. The molecule has 0 aliphatic heterocycles. The maximum atomic E-state index is 12.8. The standard InChI is InChI=1S/C14H12Cl2F3N3O3/c1-21-8(14(17,18)19)4-9(23)22(13(21)24)5-6-3-7(15)12(25-2)10(16)11(6)20/h3-4H,5,20H2,1-2H3. The molecule has 0 bridgehead atoms. The molecule has 0 amide bonds. The van der Waals surface area contributed by atoms with E-state index in [1.165, 1.54) is 13.2 Å². The first kappa shape index (κ1) is 19.2. The highest BCUT2D eigenvalue weighted by Crippen LogP contribution is 2.39. The molecular weight excluding hydrogens is 386 g/mol. The maximum Gasteiger partial charge on any atom is 0.431 e. The van der Waals surface area contributed by atoms with Crippen LogP contribution in [-0.4, -0.2) is 16.2 Å². The fourth-order valence-corrected chi connectivity index (χ4v) is 2.89. The Kier molecular flexibility index (Phi) is 5.10. The Balaban J connectivity index is 2.62. The number of hydrogen-bond donors (Lipinski definition) is 1. The van der Waals surface area contributed by atoms with Crippen molar-refractivity contribution in [2.75, 3.05) is 12.8 Å². The van der Waals surface area contributed by atoms with Crippen molar-refractivity contribution in [3.05, 3.63) is 54.3 Å². The topological polar surface area (TPSA) is 79.2 Å². The van der Waals surface area contributed by atoms with Gasteiger partial charge in [-0.05, 0) is 11.6 Å². The first-order valence-electron chi connectivity index (χ1n) is 6.67. The normalized spacial score (nSPS) is 11.6. The number of halogens is 5. The fraction of sp³-hybridized carbons (Fsp3) is 0.286. The lowest BCUT2D eigenvalue weighted by atomic mass is 10.1. The number of alkyl halides is 3. The number of nitrogens with two attached hydrogens (primary N) is 1. The SMILES string of the molecule is COc1c(Cl)cc(Cn2c(=O)cc(C(F)(F)F)n(C)c2=O)c(N)c1Cl. The van der Waals surface area contributed by atoms with Gasteiger partial charge in [-0.15, -0.1) is 0 Å². The van der Waals surface area contributed by atoms with Gasteiger partial charge in [-0.3, -0.25) is 13.9 Å². The van der Waals surface area contributed by atoms with Crippen LogP contribution >= 0.6 is 23.2 Å². The molecule has 0 unspecified atom stereocenters. The molecule has 25 heavy (non-hydrogen) atoms. The van der Waals surface area contributed by atoms with E-state index in [0.717, 1.165) is 7.05 Å². The number of ether oxygens (including phenoxy) is 1. The number of anilines is 1. The summed E-state index contributed by atoms with van der Waals surface area (Å²) in [7, 11) is 2.24. The molecule has 1 aromatic heterocycles. The second-order valence-corrected chi connectivity index (χ2v) is 5.86. The van der Waals surface area contributed by atoms with Crippen molar-refractivity contribution in [1.29, 1.82) is 0 Å². The number of rotatable bonds is 3. The first-order chi connectivity index (χ1) is 11.5. The van der Waals surface area contributed by atoms with Crippen LogP contribution in [0.3, 0.4) is 0 Å². The quantitative estimate of drug-likeness (QED) is 0.807. The van der Waals surface area contributed by atoms with Gasteiger partial charge in [0.2, 0.25) is 0 Å². The molecule has 11 heteroatoms. The van der Waals surface area contributed by atoms with Gasteiger partial charge in [-0.2, -0.15) is 13.2 Å². The Morgan fingerprint density at radius 1 is 1.24 bits per heavy atom. The molecule has 1 heterocycles. The lowest BCUT2D eigenvalue weighted by molar-refractivity contribution is -0.144. The van der Waals surface area contributed by atoms with Crippen LogP contribution in [0.4, 0.5) is 18.9 Å². The number of hydrogen-bond acceptors (Lipinski definition) is 4. The monoisotopic (exact) mass is 397 g/mol. The molecule has 2 aromatic rings. The van der Waals surface area contributed by atoms with E-state index in [1.54, 1.807) is 0 Å². The van der Waals surface area contributed by atoms with Crippen LogP contribution in [0.2, 0.25) is 10.0 Å². The molecule has 0 fully saturated rings. The number of benzene rings is 1. The van der Waals surface area contributed by atoms with Crippen LogP contribution in [0.15, 0.2) is 21.7 Å². The Bertz CT molecular complexity index is 952. The van der Waals surface area contributed by atoms with E-state index in [0.29, 0.717) is 15.2 Å². The third-order valence-corrected chi connectivity index (χ3v) is 4.18. The van der Waals surface area contributed by atoms with Gasteiger partial charge in [0, 0.05) is 13.1 Å². The highest BCUT2D eigenvalue weighted by molar-refractivity contribution is 6.39. The van der Waals surface area contributed by atoms with E-state index in [2.05, 4.69) is 0 Å². The van der Waals surface area contributed by atoms with Crippen molar-refractivity contribution in [1.82, 2.24) is 9.13 Å². The molecule has 0 atom stereocenters. The predicted molar refractivity (Wildman–Crippen MR) is 87.5 cm³/mol. The minimum absolute atomic E-state index is 0.00299. The summed E-state index contributed by atoms with van der Waals surface area (Å²) in [5, 5.41) is 0.0512. The summed E-state index contributed by atoms with van der Waals surface area (Å²) in [6.07, 6.45) is -4.84. The van der Waals surface area contributed by atoms with Crippen LogP contribution in [0.1, 0.15) is 11.3 Å². The van der Waals surface area contributed by atoms with E-state index in [1.807, 2.05) is 0 Å². The molecule has 0 spiro atoms. The highest BCUT2D eigenvalue weighted by Gasteiger charge is 2.35. The Morgan fingerprint density at radius 2 is 1.84 bits per heavy atom. The van der Waals surface area contributed by atoms with Crippen LogP contribution in [0.5, 0.6) is 5.75 Å². The van der Waals surface area contributed by atoms with Gasteiger partial charge in [-0.25, -0.2) is 4.79 Å². The third kappa shape index (κ3) is 3.47. The lowest BCUT2D eigenvalue weighted by Crippen LogP contribution is -2.42. The largest absolute Gasteiger partial charge is 0.494 e. The van der Waals surface area contributed by atoms with Crippen LogP contribution in [-0.2, 0) is 19.8 Å². The van der Waals surface area contributed by atoms with Crippen molar-refractivity contribution in [2.24, 2.45) is 7.05 Å². The van der Waals surface area contributed by atoms with Gasteiger partial charge in [0.1, 0.15) is 10.7 Å². The van der Waals surface area contributed by atoms with Crippen molar-refractivity contribution >= 4 is 28.9 Å². The first-order valence-corrected chi connectivity index (χ1v) is 7.43. The molecule has 0 aliphatic rings. The zero-order chi connectivity index (χ0) is 19.1. The van der Waals surface area contributed by atoms with E-state index < -0.39 is 29.7 Å². The second-order valence-electron chi connectivity index (χ2n) is 5.07. The van der Waals surface area contributed by atoms with Gasteiger partial charge in [0.25, 0.3) is 5.56 Å². The summed E-state index contributed by atoms with van der Waals surface area (Å²) in [5.41, 5.74) is 2.40. The molecular formula is C14H12Cl2F3N3O3. The maximum absolute atomic E-state index is 12.8. The molecule has 136 valence electrons. The fourth-order valence-electron chi connectivity index (χ4n) is 2.24. The number of nitrogens with zero attached hydrogens (tertiary/aromatic N) is 2. The second kappa shape index (κ2) is 6.64. The van der Waals surface area contributed by atoms with Gasteiger partial charge < -0.3 is 10.5 Å². The van der Waals surface area contributed by atoms with Crippen molar-refractivity contribution in [2.45, 2.75) is 12.7 Å². The molecule has 0 aliphatic carbocycles. The van der Waals surface area contributed by atoms with E-state index >= 15 is 0 Å². The summed E-state index contributed by atoms with van der Waals surface area (Å²) in [5.74, 6) is 0.109.